The van der Waals surface area contributed by atoms with Gasteiger partial charge in [-0.3, -0.25) is 0 Å². The third-order valence-electron chi connectivity index (χ3n) is 1.90. The maximum absolute atomic E-state index is 5.51. The summed E-state index contributed by atoms with van der Waals surface area (Å²) in [6.45, 7) is 6.05. The molecule has 0 bridgehead atoms. The van der Waals surface area contributed by atoms with Crippen LogP contribution in [0, 0.1) is 6.92 Å². The van der Waals surface area contributed by atoms with E-state index in [1.54, 1.807) is 0 Å². The number of hydrogen-bond acceptors (Lipinski definition) is 3. The highest BCUT2D eigenvalue weighted by atomic mass is 16.3. The van der Waals surface area contributed by atoms with Gasteiger partial charge in [0.1, 0.15) is 0 Å². The van der Waals surface area contributed by atoms with E-state index in [-0.39, 0.29) is 0 Å². The van der Waals surface area contributed by atoms with E-state index in [0.717, 1.165) is 17.2 Å². The molecule has 0 aliphatic carbocycles. The Labute approximate surface area is 76.8 Å². The van der Waals surface area contributed by atoms with E-state index < -0.39 is 0 Å². The number of hydrogen-bond donors (Lipinski definition) is 0. The van der Waals surface area contributed by atoms with Crippen molar-refractivity contribution in [3.63, 3.8) is 0 Å². The smallest absolute Gasteiger partial charge is 0.199 e. The average molecular weight is 176 g/mol. The maximum atomic E-state index is 5.51. The lowest BCUT2D eigenvalue weighted by molar-refractivity contribution is 0.501. The summed E-state index contributed by atoms with van der Waals surface area (Å²) in [5.41, 5.74) is 2.45. The summed E-state index contributed by atoms with van der Waals surface area (Å²) in [6.07, 6.45) is 0. The predicted molar refractivity (Wildman–Crippen MR) is 50.6 cm³/mol. The molecule has 2 aromatic rings. The fourth-order valence-electron chi connectivity index (χ4n) is 1.18. The predicted octanol–water partition coefficient (Wildman–Crippen LogP) is 2.65. The van der Waals surface area contributed by atoms with Crippen molar-refractivity contribution in [2.75, 3.05) is 0 Å². The van der Waals surface area contributed by atoms with Crippen LogP contribution in [0.4, 0.5) is 0 Å². The lowest BCUT2D eigenvalue weighted by atomic mass is 10.2. The van der Waals surface area contributed by atoms with E-state index in [2.05, 4.69) is 23.8 Å². The van der Waals surface area contributed by atoms with Gasteiger partial charge >= 0.3 is 0 Å². The topological polar surface area (TPSA) is 38.9 Å². The molecule has 3 nitrogen and oxygen atoms in total. The van der Waals surface area contributed by atoms with Crippen molar-refractivity contribution < 1.29 is 4.42 Å². The van der Waals surface area contributed by atoms with Crippen LogP contribution in [-0.4, -0.2) is 9.97 Å². The number of pyridine rings is 1. The lowest BCUT2D eigenvalue weighted by Crippen LogP contribution is -1.86. The Bertz CT molecular complexity index is 431. The molecule has 0 N–H and O–H groups in total. The van der Waals surface area contributed by atoms with Crippen LogP contribution in [0.2, 0.25) is 0 Å². The third-order valence-corrected chi connectivity index (χ3v) is 1.90. The van der Waals surface area contributed by atoms with Crippen LogP contribution in [0.5, 0.6) is 0 Å². The van der Waals surface area contributed by atoms with Crippen molar-refractivity contribution >= 4 is 11.2 Å². The average Bonchev–Trinajstić information content (AvgIpc) is 2.46. The minimum Gasteiger partial charge on any atom is -0.439 e. The molecule has 0 saturated heterocycles. The van der Waals surface area contributed by atoms with Gasteiger partial charge in [-0.2, -0.15) is 4.98 Å². The highest BCUT2D eigenvalue weighted by Crippen LogP contribution is 2.19. The van der Waals surface area contributed by atoms with Gasteiger partial charge in [0.05, 0.1) is 0 Å². The largest absolute Gasteiger partial charge is 0.439 e. The number of nitrogens with zero attached hydrogens (tertiary/aromatic N) is 2. The summed E-state index contributed by atoms with van der Waals surface area (Å²) in [5, 5.41) is 0. The molecule has 0 unspecified atom stereocenters. The molecule has 0 spiro atoms. The summed E-state index contributed by atoms with van der Waals surface area (Å²) in [4.78, 5) is 8.57. The van der Waals surface area contributed by atoms with E-state index in [9.17, 15) is 0 Å². The first-order chi connectivity index (χ1) is 6.16. The standard InChI is InChI=1S/C10H12N2O/c1-6(2)10-12-9-8(13-10)5-4-7(3)11-9/h4-6H,1-3H3. The van der Waals surface area contributed by atoms with E-state index in [1.165, 1.54) is 0 Å². The van der Waals surface area contributed by atoms with E-state index in [4.69, 9.17) is 4.42 Å². The van der Waals surface area contributed by atoms with Crippen molar-refractivity contribution in [3.8, 4) is 0 Å². The van der Waals surface area contributed by atoms with Gasteiger partial charge in [0.2, 0.25) is 0 Å². The van der Waals surface area contributed by atoms with Gasteiger partial charge < -0.3 is 4.42 Å². The molecular weight excluding hydrogens is 164 g/mol. The zero-order valence-electron chi connectivity index (χ0n) is 8.03. The summed E-state index contributed by atoms with van der Waals surface area (Å²) in [6, 6.07) is 3.84. The Morgan fingerprint density at radius 2 is 2.00 bits per heavy atom. The molecule has 2 rings (SSSR count). The molecule has 13 heavy (non-hydrogen) atoms. The Morgan fingerprint density at radius 3 is 2.69 bits per heavy atom. The molecule has 0 radical (unpaired) electrons. The molecule has 0 aromatic carbocycles. The lowest BCUT2D eigenvalue weighted by Gasteiger charge is -1.93. The van der Waals surface area contributed by atoms with Crippen molar-refractivity contribution in [2.24, 2.45) is 0 Å². The monoisotopic (exact) mass is 176 g/mol. The highest BCUT2D eigenvalue weighted by molar-refractivity contribution is 5.67. The van der Waals surface area contributed by atoms with Crippen molar-refractivity contribution in [1.29, 1.82) is 0 Å². The van der Waals surface area contributed by atoms with Crippen LogP contribution in [0.3, 0.4) is 0 Å². The Morgan fingerprint density at radius 1 is 1.23 bits per heavy atom. The number of oxazole rings is 1. The Kier molecular flexibility index (Phi) is 1.79. The van der Waals surface area contributed by atoms with Crippen LogP contribution in [0.25, 0.3) is 11.2 Å². The Balaban J connectivity index is 2.62. The van der Waals surface area contributed by atoms with E-state index in [0.29, 0.717) is 11.6 Å². The van der Waals surface area contributed by atoms with Gasteiger partial charge in [-0.15, -0.1) is 0 Å². The fraction of sp³-hybridized carbons (Fsp3) is 0.400. The van der Waals surface area contributed by atoms with Crippen molar-refractivity contribution in [3.05, 3.63) is 23.7 Å². The molecule has 0 fully saturated rings. The first-order valence-electron chi connectivity index (χ1n) is 4.41. The SMILES string of the molecule is Cc1ccc2oc(C(C)C)nc2n1. The molecule has 68 valence electrons. The summed E-state index contributed by atoms with van der Waals surface area (Å²) >= 11 is 0. The summed E-state index contributed by atoms with van der Waals surface area (Å²) < 4.78 is 5.51. The third kappa shape index (κ3) is 1.41. The van der Waals surface area contributed by atoms with E-state index in [1.807, 2.05) is 19.1 Å². The van der Waals surface area contributed by atoms with Gasteiger partial charge in [-0.25, -0.2) is 4.98 Å². The first-order valence-corrected chi connectivity index (χ1v) is 4.41. The number of aryl methyl sites for hydroxylation is 1. The Hall–Kier alpha value is -1.38. The molecular formula is C10H12N2O. The van der Waals surface area contributed by atoms with Crippen LogP contribution in [0.15, 0.2) is 16.5 Å². The minimum absolute atomic E-state index is 0.314. The minimum atomic E-state index is 0.314. The fourth-order valence-corrected chi connectivity index (χ4v) is 1.18. The van der Waals surface area contributed by atoms with Crippen LogP contribution in [0.1, 0.15) is 31.4 Å². The molecule has 0 atom stereocenters. The molecule has 0 aliphatic heterocycles. The molecule has 2 heterocycles. The second kappa shape index (κ2) is 2.83. The number of aromatic nitrogens is 2. The van der Waals surface area contributed by atoms with Crippen molar-refractivity contribution in [1.82, 2.24) is 9.97 Å². The van der Waals surface area contributed by atoms with Crippen LogP contribution in [-0.2, 0) is 0 Å². The second-order valence-electron chi connectivity index (χ2n) is 3.48. The zero-order valence-corrected chi connectivity index (χ0v) is 8.03. The van der Waals surface area contributed by atoms with Gasteiger partial charge in [-0.05, 0) is 19.1 Å². The molecule has 2 aromatic heterocycles. The number of fused-ring (bicyclic) bond motifs is 1. The summed E-state index contributed by atoms with van der Waals surface area (Å²) in [7, 11) is 0. The summed E-state index contributed by atoms with van der Waals surface area (Å²) in [5.74, 6) is 1.07. The normalized spacial score (nSPS) is 11.4. The van der Waals surface area contributed by atoms with Gasteiger partial charge in [-0.1, -0.05) is 13.8 Å². The number of rotatable bonds is 1. The molecule has 0 aliphatic rings. The van der Waals surface area contributed by atoms with Gasteiger partial charge in [0.25, 0.3) is 0 Å². The zero-order chi connectivity index (χ0) is 9.42. The van der Waals surface area contributed by atoms with Crippen LogP contribution >= 0.6 is 0 Å². The van der Waals surface area contributed by atoms with Crippen molar-refractivity contribution in [2.45, 2.75) is 26.7 Å². The maximum Gasteiger partial charge on any atom is 0.199 e. The second-order valence-corrected chi connectivity index (χ2v) is 3.48. The van der Waals surface area contributed by atoms with Gasteiger partial charge in [0.15, 0.2) is 17.1 Å². The van der Waals surface area contributed by atoms with E-state index >= 15 is 0 Å². The molecule has 3 heteroatoms. The molecule has 0 saturated carbocycles. The molecule has 0 amide bonds. The first kappa shape index (κ1) is 8.23. The quantitative estimate of drug-likeness (QED) is 0.670. The van der Waals surface area contributed by atoms with Gasteiger partial charge in [0, 0.05) is 11.6 Å². The van der Waals surface area contributed by atoms with Crippen LogP contribution < -0.4 is 0 Å². The highest BCUT2D eigenvalue weighted by Gasteiger charge is 2.09.